The minimum atomic E-state index is -0.530. The third-order valence-electron chi connectivity index (χ3n) is 3.48. The predicted molar refractivity (Wildman–Crippen MR) is 73.4 cm³/mol. The molecule has 19 heavy (non-hydrogen) atoms. The zero-order valence-corrected chi connectivity index (χ0v) is 11.4. The number of halogens is 1. The van der Waals surface area contributed by atoms with Crippen molar-refractivity contribution in [3.05, 3.63) is 35.1 Å². The smallest absolute Gasteiger partial charge is 0.153 e. The maximum absolute atomic E-state index is 10.1. The van der Waals surface area contributed by atoms with Gasteiger partial charge in [-0.3, -0.25) is 0 Å². The molecule has 1 atom stereocenters. The number of aliphatic hydroxyl groups excluding tert-OH is 1. The van der Waals surface area contributed by atoms with Crippen LogP contribution in [0.15, 0.2) is 24.3 Å². The highest BCUT2D eigenvalue weighted by molar-refractivity contribution is 6.30. The van der Waals surface area contributed by atoms with E-state index in [1.165, 1.54) is 0 Å². The third kappa shape index (κ3) is 2.01. The first-order valence-electron chi connectivity index (χ1n) is 6.29. The van der Waals surface area contributed by atoms with Crippen LogP contribution >= 0.6 is 11.6 Å². The van der Waals surface area contributed by atoms with E-state index in [2.05, 4.69) is 4.98 Å². The van der Waals surface area contributed by atoms with Crippen LogP contribution in [0.3, 0.4) is 0 Å². The molecule has 2 heterocycles. The summed E-state index contributed by atoms with van der Waals surface area (Å²) in [5.41, 5.74) is 1.61. The largest absolute Gasteiger partial charge is 0.496 e. The second-order valence-corrected chi connectivity index (χ2v) is 4.98. The van der Waals surface area contributed by atoms with Crippen molar-refractivity contribution in [2.24, 2.45) is 0 Å². The van der Waals surface area contributed by atoms with Gasteiger partial charge in [0.2, 0.25) is 0 Å². The van der Waals surface area contributed by atoms with Crippen LogP contribution < -0.4 is 4.74 Å². The van der Waals surface area contributed by atoms with E-state index in [4.69, 9.17) is 16.3 Å². The molecule has 0 bridgehead atoms. The summed E-state index contributed by atoms with van der Waals surface area (Å²) in [6.07, 6.45) is 1.12. The summed E-state index contributed by atoms with van der Waals surface area (Å²) in [7, 11) is 1.63. The lowest BCUT2D eigenvalue weighted by atomic mass is 10.1. The van der Waals surface area contributed by atoms with Gasteiger partial charge in [0.1, 0.15) is 11.6 Å². The molecule has 2 aromatic rings. The minimum absolute atomic E-state index is 0.383. The third-order valence-corrected chi connectivity index (χ3v) is 3.76. The first kappa shape index (κ1) is 12.5. The Hall–Kier alpha value is -1.52. The van der Waals surface area contributed by atoms with Gasteiger partial charge >= 0.3 is 0 Å². The Morgan fingerprint density at radius 3 is 3.00 bits per heavy atom. The Balaban J connectivity index is 2.19. The van der Waals surface area contributed by atoms with E-state index in [0.717, 1.165) is 36.5 Å². The molecule has 4 nitrogen and oxygen atoms in total. The van der Waals surface area contributed by atoms with Crippen molar-refractivity contribution in [2.45, 2.75) is 25.5 Å². The summed E-state index contributed by atoms with van der Waals surface area (Å²) in [4.78, 5) is 4.41. The second kappa shape index (κ2) is 4.87. The van der Waals surface area contributed by atoms with Crippen LogP contribution in [0.25, 0.3) is 11.4 Å². The lowest BCUT2D eigenvalue weighted by Crippen LogP contribution is -2.15. The number of ether oxygens (including phenoxy) is 1. The standard InChI is InChI=1S/C14H15ClN2O2/c1-19-11-7-3-2-5-9(11)14-16-13(15)12-10(18)6-4-8-17(12)14/h2-3,5,7,10,18H,4,6,8H2,1H3. The van der Waals surface area contributed by atoms with E-state index in [9.17, 15) is 5.11 Å². The highest BCUT2D eigenvalue weighted by atomic mass is 35.5. The molecule has 1 unspecified atom stereocenters. The molecule has 0 spiro atoms. The Labute approximate surface area is 116 Å². The Morgan fingerprint density at radius 1 is 1.42 bits per heavy atom. The first-order valence-corrected chi connectivity index (χ1v) is 6.67. The lowest BCUT2D eigenvalue weighted by Gasteiger charge is -2.21. The van der Waals surface area contributed by atoms with Gasteiger partial charge in [0.05, 0.1) is 24.5 Å². The zero-order valence-electron chi connectivity index (χ0n) is 10.6. The molecule has 1 aliphatic heterocycles. The van der Waals surface area contributed by atoms with Crippen LogP contribution in [0.4, 0.5) is 0 Å². The number of aromatic nitrogens is 2. The summed E-state index contributed by atoms with van der Waals surface area (Å²) in [5.74, 6) is 1.52. The minimum Gasteiger partial charge on any atom is -0.496 e. The van der Waals surface area contributed by atoms with Gasteiger partial charge < -0.3 is 14.4 Å². The van der Waals surface area contributed by atoms with Crippen molar-refractivity contribution in [1.29, 1.82) is 0 Å². The Kier molecular flexibility index (Phi) is 3.21. The monoisotopic (exact) mass is 278 g/mol. The highest BCUT2D eigenvalue weighted by Crippen LogP contribution is 2.37. The molecular weight excluding hydrogens is 264 g/mol. The summed E-state index contributed by atoms with van der Waals surface area (Å²) in [5, 5.41) is 10.4. The molecule has 1 aromatic carbocycles. The van der Waals surface area contributed by atoms with Crippen molar-refractivity contribution >= 4 is 11.6 Å². The van der Waals surface area contributed by atoms with Gasteiger partial charge in [0.25, 0.3) is 0 Å². The number of para-hydroxylation sites is 1. The van der Waals surface area contributed by atoms with Gasteiger partial charge in [-0.2, -0.15) is 0 Å². The van der Waals surface area contributed by atoms with Crippen LogP contribution in [0, 0.1) is 0 Å². The highest BCUT2D eigenvalue weighted by Gasteiger charge is 2.27. The van der Waals surface area contributed by atoms with Crippen LogP contribution in [0.5, 0.6) is 5.75 Å². The maximum atomic E-state index is 10.1. The van der Waals surface area contributed by atoms with Crippen molar-refractivity contribution in [3.8, 4) is 17.1 Å². The fourth-order valence-electron chi connectivity index (χ4n) is 2.59. The number of imidazole rings is 1. The molecule has 5 heteroatoms. The Morgan fingerprint density at radius 2 is 2.21 bits per heavy atom. The molecule has 0 fully saturated rings. The topological polar surface area (TPSA) is 47.3 Å². The summed E-state index contributed by atoms with van der Waals surface area (Å²) in [6, 6.07) is 7.70. The number of nitrogens with zero attached hydrogens (tertiary/aromatic N) is 2. The SMILES string of the molecule is COc1ccccc1-c1nc(Cl)c2n1CCCC2O. The maximum Gasteiger partial charge on any atom is 0.153 e. The number of benzene rings is 1. The van der Waals surface area contributed by atoms with E-state index < -0.39 is 6.10 Å². The van der Waals surface area contributed by atoms with E-state index >= 15 is 0 Å². The Bertz CT molecular complexity index is 609. The number of fused-ring (bicyclic) bond motifs is 1. The van der Waals surface area contributed by atoms with Gasteiger partial charge in [0.15, 0.2) is 5.15 Å². The van der Waals surface area contributed by atoms with Gasteiger partial charge in [-0.1, -0.05) is 23.7 Å². The fourth-order valence-corrected chi connectivity index (χ4v) is 2.90. The number of methoxy groups -OCH3 is 1. The van der Waals surface area contributed by atoms with Gasteiger partial charge in [0, 0.05) is 6.54 Å². The van der Waals surface area contributed by atoms with Gasteiger partial charge in [-0.15, -0.1) is 0 Å². The number of hydrogen-bond donors (Lipinski definition) is 1. The van der Waals surface area contributed by atoms with Crippen molar-refractivity contribution in [2.75, 3.05) is 7.11 Å². The molecular formula is C14H15ClN2O2. The van der Waals surface area contributed by atoms with Crippen LogP contribution in [-0.2, 0) is 6.54 Å². The molecule has 100 valence electrons. The molecule has 0 saturated heterocycles. The van der Waals surface area contributed by atoms with Gasteiger partial charge in [-0.25, -0.2) is 4.98 Å². The normalized spacial score (nSPS) is 18.2. The van der Waals surface area contributed by atoms with Crippen LogP contribution in [0.2, 0.25) is 5.15 Å². The van der Waals surface area contributed by atoms with Crippen LogP contribution in [0.1, 0.15) is 24.6 Å². The van der Waals surface area contributed by atoms with Crippen molar-refractivity contribution in [1.82, 2.24) is 9.55 Å². The molecule has 1 N–H and O–H groups in total. The fraction of sp³-hybridized carbons (Fsp3) is 0.357. The number of rotatable bonds is 2. The average Bonchev–Trinajstić information content (AvgIpc) is 2.77. The van der Waals surface area contributed by atoms with Crippen LogP contribution in [-0.4, -0.2) is 21.8 Å². The first-order chi connectivity index (χ1) is 9.22. The number of hydrogen-bond acceptors (Lipinski definition) is 3. The average molecular weight is 279 g/mol. The zero-order chi connectivity index (χ0) is 13.4. The summed E-state index contributed by atoms with van der Waals surface area (Å²) >= 11 is 6.17. The predicted octanol–water partition coefficient (Wildman–Crippen LogP) is 3.04. The molecule has 3 rings (SSSR count). The molecule has 0 amide bonds. The molecule has 0 radical (unpaired) electrons. The lowest BCUT2D eigenvalue weighted by molar-refractivity contribution is 0.139. The van der Waals surface area contributed by atoms with Gasteiger partial charge in [-0.05, 0) is 25.0 Å². The van der Waals surface area contributed by atoms with E-state index in [1.807, 2.05) is 28.8 Å². The van der Waals surface area contributed by atoms with E-state index in [1.54, 1.807) is 7.11 Å². The second-order valence-electron chi connectivity index (χ2n) is 4.62. The molecule has 0 aliphatic carbocycles. The van der Waals surface area contributed by atoms with E-state index in [-0.39, 0.29) is 0 Å². The summed E-state index contributed by atoms with van der Waals surface area (Å²) < 4.78 is 7.36. The molecule has 1 aromatic heterocycles. The number of aliphatic hydroxyl groups is 1. The van der Waals surface area contributed by atoms with E-state index in [0.29, 0.717) is 10.8 Å². The van der Waals surface area contributed by atoms with Crippen molar-refractivity contribution < 1.29 is 9.84 Å². The summed E-state index contributed by atoms with van der Waals surface area (Å²) in [6.45, 7) is 0.819. The molecule has 0 saturated carbocycles. The quantitative estimate of drug-likeness (QED) is 0.918. The molecule has 1 aliphatic rings. The van der Waals surface area contributed by atoms with Crippen molar-refractivity contribution in [3.63, 3.8) is 0 Å².